The second kappa shape index (κ2) is 9.19. The molecule has 15 nitrogen and oxygen atoms in total. The molecule has 0 saturated carbocycles. The molecule has 2 aliphatic heterocycles. The van der Waals surface area contributed by atoms with Crippen molar-refractivity contribution in [2.24, 2.45) is 0 Å². The smallest absolute Gasteiger partial charge is 0.360 e. The molecule has 5 rings (SSSR count). The molecule has 5 atom stereocenters. The van der Waals surface area contributed by atoms with E-state index in [1.54, 1.807) is 6.92 Å². The minimum absolute atomic E-state index is 0.00384. The molecule has 2 saturated heterocycles. The van der Waals surface area contributed by atoms with Crippen molar-refractivity contribution in [2.45, 2.75) is 43.9 Å². The van der Waals surface area contributed by atoms with E-state index in [9.17, 15) is 20.1 Å². The molecule has 0 amide bonds. The second-order valence-corrected chi connectivity index (χ2v) is 7.90. The number of nitrogens with zero attached hydrogens (tertiary/aromatic N) is 7. The van der Waals surface area contributed by atoms with Crippen LogP contribution in [0.1, 0.15) is 30.1 Å². The lowest BCUT2D eigenvalue weighted by Gasteiger charge is -2.17. The van der Waals surface area contributed by atoms with Crippen molar-refractivity contribution in [3.8, 4) is 5.95 Å². The number of aromatic nitrogens is 7. The number of esters is 1. The van der Waals surface area contributed by atoms with E-state index in [0.29, 0.717) is 24.5 Å². The van der Waals surface area contributed by atoms with Crippen LogP contribution < -0.4 is 5.32 Å². The van der Waals surface area contributed by atoms with Crippen LogP contribution in [0.5, 0.6) is 0 Å². The van der Waals surface area contributed by atoms with E-state index in [0.717, 1.165) is 6.42 Å². The van der Waals surface area contributed by atoms with Gasteiger partial charge >= 0.3 is 5.97 Å². The summed E-state index contributed by atoms with van der Waals surface area (Å²) in [4.78, 5) is 25.4. The number of fused-ring (bicyclic) bond motifs is 1. The standard InChI is InChI=1S/C19H24N8O7/c1-2-33-18(31)10-5-27(25-24-10)19-22-15(21-9-3-4-32-7-9)12-16(23-19)26(8-20-12)17-14(30)13(29)11(6-28)34-17/h5,8-9,11,13-14,17,28-30H,2-4,6-7H2,1H3,(H,21,22,23)/t9-,11?,13?,14?,17?/m1/s1. The van der Waals surface area contributed by atoms with E-state index in [2.05, 4.69) is 30.6 Å². The van der Waals surface area contributed by atoms with Crippen LogP contribution >= 0.6 is 0 Å². The summed E-state index contributed by atoms with van der Waals surface area (Å²) in [6.07, 6.45) is -1.10. The second-order valence-electron chi connectivity index (χ2n) is 7.90. The molecule has 34 heavy (non-hydrogen) atoms. The maximum Gasteiger partial charge on any atom is 0.360 e. The minimum atomic E-state index is -1.32. The van der Waals surface area contributed by atoms with Crippen LogP contribution in [0.4, 0.5) is 5.82 Å². The summed E-state index contributed by atoms with van der Waals surface area (Å²) in [5, 5.41) is 41.2. The number of imidazole rings is 1. The highest BCUT2D eigenvalue weighted by atomic mass is 16.6. The first-order chi connectivity index (χ1) is 16.5. The van der Waals surface area contributed by atoms with E-state index in [1.807, 2.05) is 0 Å². The third kappa shape index (κ3) is 3.97. The van der Waals surface area contributed by atoms with Crippen LogP contribution in [-0.4, -0.2) is 107 Å². The molecule has 182 valence electrons. The Morgan fingerprint density at radius 1 is 1.32 bits per heavy atom. The van der Waals surface area contributed by atoms with Gasteiger partial charge in [0.1, 0.15) is 18.3 Å². The van der Waals surface area contributed by atoms with Gasteiger partial charge in [-0.05, 0) is 13.3 Å². The molecule has 4 N–H and O–H groups in total. The van der Waals surface area contributed by atoms with Crippen molar-refractivity contribution >= 4 is 23.0 Å². The average Bonchev–Trinajstić information content (AvgIpc) is 3.62. The Hall–Kier alpha value is -3.24. The van der Waals surface area contributed by atoms with Crippen molar-refractivity contribution in [3.63, 3.8) is 0 Å². The molecule has 0 bridgehead atoms. The number of ether oxygens (including phenoxy) is 3. The third-order valence-corrected chi connectivity index (χ3v) is 5.65. The van der Waals surface area contributed by atoms with Gasteiger partial charge in [-0.1, -0.05) is 5.21 Å². The zero-order valence-electron chi connectivity index (χ0n) is 18.2. The van der Waals surface area contributed by atoms with Crippen molar-refractivity contribution in [2.75, 3.05) is 31.7 Å². The summed E-state index contributed by atoms with van der Waals surface area (Å²) in [5.41, 5.74) is 0.648. The highest BCUT2D eigenvalue weighted by Gasteiger charge is 2.44. The topological polar surface area (TPSA) is 192 Å². The maximum absolute atomic E-state index is 12.0. The van der Waals surface area contributed by atoms with E-state index >= 15 is 0 Å². The number of aliphatic hydroxyl groups excluding tert-OH is 3. The molecule has 0 aliphatic carbocycles. The fraction of sp³-hybridized carbons (Fsp3) is 0.579. The molecular formula is C19H24N8O7. The van der Waals surface area contributed by atoms with Crippen LogP contribution in [-0.2, 0) is 14.2 Å². The number of anilines is 1. The summed E-state index contributed by atoms with van der Waals surface area (Å²) < 4.78 is 18.7. The third-order valence-electron chi connectivity index (χ3n) is 5.65. The number of hydrogen-bond donors (Lipinski definition) is 4. The number of rotatable bonds is 7. The van der Waals surface area contributed by atoms with Crippen LogP contribution in [0.3, 0.4) is 0 Å². The summed E-state index contributed by atoms with van der Waals surface area (Å²) in [7, 11) is 0. The highest BCUT2D eigenvalue weighted by molar-refractivity contribution is 5.87. The fourth-order valence-corrected chi connectivity index (χ4v) is 3.91. The van der Waals surface area contributed by atoms with E-state index < -0.39 is 37.1 Å². The Morgan fingerprint density at radius 2 is 2.18 bits per heavy atom. The van der Waals surface area contributed by atoms with Gasteiger partial charge in [-0.2, -0.15) is 14.6 Å². The zero-order valence-corrected chi connectivity index (χ0v) is 18.2. The highest BCUT2D eigenvalue weighted by Crippen LogP contribution is 2.33. The Kier molecular flexibility index (Phi) is 6.09. The fourth-order valence-electron chi connectivity index (χ4n) is 3.91. The summed E-state index contributed by atoms with van der Waals surface area (Å²) >= 11 is 0. The van der Waals surface area contributed by atoms with Gasteiger partial charge in [-0.3, -0.25) is 4.57 Å². The Labute approximate surface area is 192 Å². The lowest BCUT2D eigenvalue weighted by atomic mass is 10.1. The Morgan fingerprint density at radius 3 is 2.88 bits per heavy atom. The average molecular weight is 476 g/mol. The normalized spacial score (nSPS) is 26.9. The summed E-state index contributed by atoms with van der Waals surface area (Å²) in [5.74, 6) is -0.174. The predicted octanol–water partition coefficient (Wildman–Crippen LogP) is -1.60. The monoisotopic (exact) mass is 476 g/mol. The molecule has 0 radical (unpaired) electrons. The van der Waals surface area contributed by atoms with Gasteiger partial charge in [0, 0.05) is 6.61 Å². The first kappa shape index (κ1) is 22.5. The largest absolute Gasteiger partial charge is 0.461 e. The molecule has 4 unspecified atom stereocenters. The van der Waals surface area contributed by atoms with Crippen molar-refractivity contribution in [3.05, 3.63) is 18.2 Å². The SMILES string of the molecule is CCOC(=O)c1cn(-c2nc(N[C@@H]3CCOC3)c3ncn(C4OC(CO)C(O)C4O)c3n2)nn1. The van der Waals surface area contributed by atoms with Crippen LogP contribution in [0.15, 0.2) is 12.5 Å². The lowest BCUT2D eigenvalue weighted by molar-refractivity contribution is -0.0511. The van der Waals surface area contributed by atoms with Crippen LogP contribution in [0.25, 0.3) is 17.1 Å². The maximum atomic E-state index is 12.0. The number of carbonyl (C=O) groups is 1. The first-order valence-corrected chi connectivity index (χ1v) is 10.8. The van der Waals surface area contributed by atoms with Crippen molar-refractivity contribution < 1.29 is 34.3 Å². The molecule has 0 spiro atoms. The molecule has 3 aromatic heterocycles. The lowest BCUT2D eigenvalue weighted by Crippen LogP contribution is -2.33. The van der Waals surface area contributed by atoms with E-state index in [4.69, 9.17) is 14.2 Å². The summed E-state index contributed by atoms with van der Waals surface area (Å²) in [6, 6.07) is -0.00384. The van der Waals surface area contributed by atoms with Gasteiger partial charge in [0.15, 0.2) is 28.9 Å². The molecular weight excluding hydrogens is 452 g/mol. The Bertz CT molecular complexity index is 1180. The van der Waals surface area contributed by atoms with E-state index in [-0.39, 0.29) is 29.9 Å². The quantitative estimate of drug-likeness (QED) is 0.285. The zero-order chi connectivity index (χ0) is 23.8. The van der Waals surface area contributed by atoms with Crippen molar-refractivity contribution in [1.82, 2.24) is 34.5 Å². The number of hydrogen-bond acceptors (Lipinski definition) is 13. The predicted molar refractivity (Wildman–Crippen MR) is 112 cm³/mol. The van der Waals surface area contributed by atoms with Gasteiger partial charge in [0.05, 0.1) is 38.4 Å². The molecule has 5 heterocycles. The number of carbonyl (C=O) groups excluding carboxylic acids is 1. The van der Waals surface area contributed by atoms with Gasteiger partial charge in [0.25, 0.3) is 5.95 Å². The van der Waals surface area contributed by atoms with Gasteiger partial charge < -0.3 is 34.8 Å². The van der Waals surface area contributed by atoms with Gasteiger partial charge in [0.2, 0.25) is 0 Å². The number of nitrogens with one attached hydrogen (secondary N) is 1. The number of aliphatic hydroxyl groups is 3. The molecule has 2 fully saturated rings. The Balaban J connectivity index is 1.57. The van der Waals surface area contributed by atoms with Crippen LogP contribution in [0, 0.1) is 0 Å². The summed E-state index contributed by atoms with van der Waals surface area (Å²) in [6.45, 7) is 2.51. The van der Waals surface area contributed by atoms with Gasteiger partial charge in [-0.25, -0.2) is 9.78 Å². The molecule has 2 aliphatic rings. The minimum Gasteiger partial charge on any atom is -0.461 e. The van der Waals surface area contributed by atoms with E-state index in [1.165, 1.54) is 21.8 Å². The van der Waals surface area contributed by atoms with Crippen LogP contribution in [0.2, 0.25) is 0 Å². The first-order valence-electron chi connectivity index (χ1n) is 10.8. The molecule has 0 aromatic carbocycles. The van der Waals surface area contributed by atoms with Gasteiger partial charge in [-0.15, -0.1) is 5.10 Å². The molecule has 3 aromatic rings. The molecule has 15 heteroatoms. The van der Waals surface area contributed by atoms with Crippen molar-refractivity contribution in [1.29, 1.82) is 0 Å².